The second-order valence-corrected chi connectivity index (χ2v) is 4.09. The zero-order valence-electron chi connectivity index (χ0n) is 10.9. The van der Waals surface area contributed by atoms with E-state index < -0.39 is 5.54 Å². The van der Waals surface area contributed by atoms with Crippen molar-refractivity contribution in [3.05, 3.63) is 35.9 Å². The van der Waals surface area contributed by atoms with Crippen molar-refractivity contribution in [1.82, 2.24) is 10.7 Å². The Morgan fingerprint density at radius 3 is 2.61 bits per heavy atom. The number of hydrogen-bond acceptors (Lipinski definition) is 4. The van der Waals surface area contributed by atoms with Gasteiger partial charge in [-0.05, 0) is 19.4 Å². The third kappa shape index (κ3) is 3.53. The fourth-order valence-electron chi connectivity index (χ4n) is 1.61. The lowest BCUT2D eigenvalue weighted by atomic mass is 9.92. The maximum Gasteiger partial charge on any atom is 0.245 e. The van der Waals surface area contributed by atoms with Gasteiger partial charge in [0.05, 0.1) is 6.61 Å². The van der Waals surface area contributed by atoms with Crippen LogP contribution in [0.2, 0.25) is 0 Å². The molecule has 0 spiro atoms. The van der Waals surface area contributed by atoms with E-state index in [1.165, 1.54) is 0 Å². The Labute approximate surface area is 108 Å². The summed E-state index contributed by atoms with van der Waals surface area (Å²) in [5.41, 5.74) is 2.47. The van der Waals surface area contributed by atoms with Gasteiger partial charge in [-0.3, -0.25) is 10.6 Å². The second-order valence-electron chi connectivity index (χ2n) is 4.09. The molecule has 1 aromatic rings. The first kappa shape index (κ1) is 14.6. The van der Waals surface area contributed by atoms with E-state index in [2.05, 4.69) is 10.7 Å². The van der Waals surface area contributed by atoms with Crippen LogP contribution < -0.4 is 16.6 Å². The van der Waals surface area contributed by atoms with Crippen molar-refractivity contribution in [2.45, 2.75) is 19.4 Å². The van der Waals surface area contributed by atoms with Crippen molar-refractivity contribution >= 4 is 5.91 Å². The zero-order valence-corrected chi connectivity index (χ0v) is 10.9. The molecule has 1 aromatic carbocycles. The third-order valence-corrected chi connectivity index (χ3v) is 2.83. The van der Waals surface area contributed by atoms with Gasteiger partial charge in [0.2, 0.25) is 5.91 Å². The van der Waals surface area contributed by atoms with E-state index in [1.807, 2.05) is 37.3 Å². The largest absolute Gasteiger partial charge is 0.380 e. The summed E-state index contributed by atoms with van der Waals surface area (Å²) in [5, 5.41) is 2.80. The van der Waals surface area contributed by atoms with Gasteiger partial charge >= 0.3 is 0 Å². The molecule has 0 aliphatic carbocycles. The number of rotatable bonds is 7. The number of hydrazine groups is 1. The number of amides is 1. The van der Waals surface area contributed by atoms with Crippen LogP contribution in [0.15, 0.2) is 30.3 Å². The standard InChI is InChI=1S/C13H21N3O2/c1-3-18-10-9-15-12(17)13(2,16-14)11-7-5-4-6-8-11/h4-8,16H,3,9-10,14H2,1-2H3,(H,15,17)/t13-/m0/s1. The minimum absolute atomic E-state index is 0.170. The number of hydrogen-bond donors (Lipinski definition) is 3. The Hall–Kier alpha value is -1.43. The van der Waals surface area contributed by atoms with Gasteiger partial charge in [0, 0.05) is 13.2 Å². The molecular formula is C13H21N3O2. The molecule has 1 amide bonds. The van der Waals surface area contributed by atoms with E-state index in [1.54, 1.807) is 6.92 Å². The molecule has 0 unspecified atom stereocenters. The van der Waals surface area contributed by atoms with Crippen molar-refractivity contribution in [3.8, 4) is 0 Å². The monoisotopic (exact) mass is 251 g/mol. The van der Waals surface area contributed by atoms with Crippen LogP contribution in [-0.2, 0) is 15.1 Å². The van der Waals surface area contributed by atoms with E-state index in [-0.39, 0.29) is 5.91 Å². The van der Waals surface area contributed by atoms with Crippen molar-refractivity contribution < 1.29 is 9.53 Å². The lowest BCUT2D eigenvalue weighted by molar-refractivity contribution is -0.127. The van der Waals surface area contributed by atoms with Crippen LogP contribution in [-0.4, -0.2) is 25.7 Å². The van der Waals surface area contributed by atoms with Crippen LogP contribution in [0.5, 0.6) is 0 Å². The number of nitrogens with one attached hydrogen (secondary N) is 2. The Bertz CT molecular complexity index is 370. The maximum absolute atomic E-state index is 12.2. The molecule has 0 radical (unpaired) electrons. The summed E-state index contributed by atoms with van der Waals surface area (Å²) in [4.78, 5) is 12.2. The number of benzene rings is 1. The van der Waals surface area contributed by atoms with Gasteiger partial charge in [-0.15, -0.1) is 0 Å². The van der Waals surface area contributed by atoms with E-state index in [9.17, 15) is 4.79 Å². The summed E-state index contributed by atoms with van der Waals surface area (Å²) in [6.45, 7) is 5.27. The van der Waals surface area contributed by atoms with Crippen molar-refractivity contribution in [2.75, 3.05) is 19.8 Å². The number of carbonyl (C=O) groups excluding carboxylic acids is 1. The molecular weight excluding hydrogens is 230 g/mol. The molecule has 0 fully saturated rings. The lowest BCUT2D eigenvalue weighted by Gasteiger charge is -2.28. The van der Waals surface area contributed by atoms with Gasteiger partial charge in [0.1, 0.15) is 5.54 Å². The predicted molar refractivity (Wildman–Crippen MR) is 70.6 cm³/mol. The maximum atomic E-state index is 12.2. The highest BCUT2D eigenvalue weighted by Gasteiger charge is 2.33. The lowest BCUT2D eigenvalue weighted by Crippen LogP contribution is -2.55. The summed E-state index contributed by atoms with van der Waals surface area (Å²) in [6, 6.07) is 9.37. The molecule has 5 heteroatoms. The van der Waals surface area contributed by atoms with Crippen molar-refractivity contribution in [1.29, 1.82) is 0 Å². The van der Waals surface area contributed by atoms with Crippen LogP contribution >= 0.6 is 0 Å². The van der Waals surface area contributed by atoms with Crippen molar-refractivity contribution in [3.63, 3.8) is 0 Å². The SMILES string of the molecule is CCOCCNC(=O)[C@@](C)(NN)c1ccccc1. The molecule has 0 aromatic heterocycles. The topological polar surface area (TPSA) is 76.4 Å². The Kier molecular flexibility index (Phi) is 5.77. The minimum Gasteiger partial charge on any atom is -0.380 e. The van der Waals surface area contributed by atoms with Gasteiger partial charge in [0.15, 0.2) is 0 Å². The molecule has 4 N–H and O–H groups in total. The summed E-state index contributed by atoms with van der Waals surface area (Å²) < 4.78 is 5.17. The van der Waals surface area contributed by atoms with Crippen LogP contribution in [0.4, 0.5) is 0 Å². The fraction of sp³-hybridized carbons (Fsp3) is 0.462. The first-order chi connectivity index (χ1) is 8.65. The summed E-state index contributed by atoms with van der Waals surface area (Å²) in [6.07, 6.45) is 0. The molecule has 0 saturated heterocycles. The highest BCUT2D eigenvalue weighted by Crippen LogP contribution is 2.19. The average molecular weight is 251 g/mol. The van der Waals surface area contributed by atoms with E-state index >= 15 is 0 Å². The molecule has 0 bridgehead atoms. The summed E-state index contributed by atoms with van der Waals surface area (Å²) >= 11 is 0. The highest BCUT2D eigenvalue weighted by molar-refractivity contribution is 5.87. The second kappa shape index (κ2) is 7.10. The van der Waals surface area contributed by atoms with Crippen molar-refractivity contribution in [2.24, 2.45) is 5.84 Å². The molecule has 5 nitrogen and oxygen atoms in total. The first-order valence-corrected chi connectivity index (χ1v) is 6.04. The van der Waals surface area contributed by atoms with Gasteiger partial charge in [-0.2, -0.15) is 0 Å². The summed E-state index contributed by atoms with van der Waals surface area (Å²) in [5.74, 6) is 5.36. The molecule has 0 saturated carbocycles. The molecule has 100 valence electrons. The van der Waals surface area contributed by atoms with Crippen LogP contribution in [0.3, 0.4) is 0 Å². The third-order valence-electron chi connectivity index (χ3n) is 2.83. The van der Waals surface area contributed by atoms with Gasteiger partial charge < -0.3 is 10.1 Å². The minimum atomic E-state index is -0.937. The van der Waals surface area contributed by atoms with E-state index in [0.29, 0.717) is 19.8 Å². The average Bonchev–Trinajstić information content (AvgIpc) is 2.43. The Balaban J connectivity index is 2.67. The van der Waals surface area contributed by atoms with Gasteiger partial charge in [0.25, 0.3) is 0 Å². The molecule has 0 heterocycles. The summed E-state index contributed by atoms with van der Waals surface area (Å²) in [7, 11) is 0. The normalized spacial score (nSPS) is 13.9. The van der Waals surface area contributed by atoms with Gasteiger partial charge in [-0.25, -0.2) is 5.43 Å². The number of nitrogens with two attached hydrogens (primary N) is 1. The predicted octanol–water partition coefficient (Wildman–Crippen LogP) is 0.518. The highest BCUT2D eigenvalue weighted by atomic mass is 16.5. The van der Waals surface area contributed by atoms with E-state index in [0.717, 1.165) is 5.56 Å². The quantitative estimate of drug-likeness (QED) is 0.375. The zero-order chi connectivity index (χ0) is 13.4. The van der Waals surface area contributed by atoms with Gasteiger partial charge in [-0.1, -0.05) is 30.3 Å². The smallest absolute Gasteiger partial charge is 0.245 e. The van der Waals surface area contributed by atoms with Crippen LogP contribution in [0, 0.1) is 0 Å². The fourth-order valence-corrected chi connectivity index (χ4v) is 1.61. The molecule has 1 atom stereocenters. The first-order valence-electron chi connectivity index (χ1n) is 6.04. The molecule has 1 rings (SSSR count). The number of carbonyl (C=O) groups is 1. The molecule has 18 heavy (non-hydrogen) atoms. The van der Waals surface area contributed by atoms with Crippen LogP contribution in [0.1, 0.15) is 19.4 Å². The number of ether oxygens (including phenoxy) is 1. The molecule has 0 aliphatic rings. The Morgan fingerprint density at radius 2 is 2.06 bits per heavy atom. The molecule has 0 aliphatic heterocycles. The van der Waals surface area contributed by atoms with E-state index in [4.69, 9.17) is 10.6 Å². The van der Waals surface area contributed by atoms with Crippen LogP contribution in [0.25, 0.3) is 0 Å². The Morgan fingerprint density at radius 1 is 1.39 bits per heavy atom.